The first kappa shape index (κ1) is 39.9. The smallest absolute Gasteiger partial charge is 0.339 e. The SMILES string of the molecule is CNCCC(=O)OCc1ccccc1C(=O)O[C@@](Cn1cncn1)(c1ccc(F)cc1F)[C@@H](C)SC1COC(/C=C/C=C/c2ccc(C#N)cc2F)OC1. The first-order valence-electron chi connectivity index (χ1n) is 16.9. The van der Waals surface area contributed by atoms with Gasteiger partial charge in [-0.15, -0.1) is 11.8 Å². The van der Waals surface area contributed by atoms with E-state index in [1.54, 1.807) is 56.5 Å². The second kappa shape index (κ2) is 19.2. The van der Waals surface area contributed by atoms with Crippen molar-refractivity contribution in [2.45, 2.75) is 48.9 Å². The van der Waals surface area contributed by atoms with Gasteiger partial charge in [-0.1, -0.05) is 42.5 Å². The van der Waals surface area contributed by atoms with Crippen LogP contribution in [0.4, 0.5) is 13.2 Å². The molecule has 1 N–H and O–H groups in total. The predicted molar refractivity (Wildman–Crippen MR) is 194 cm³/mol. The molecule has 282 valence electrons. The van der Waals surface area contributed by atoms with Gasteiger partial charge in [0.05, 0.1) is 48.6 Å². The zero-order valence-electron chi connectivity index (χ0n) is 29.5. The highest BCUT2D eigenvalue weighted by atomic mass is 32.2. The number of allylic oxidation sites excluding steroid dienone is 2. The van der Waals surface area contributed by atoms with Gasteiger partial charge in [-0.25, -0.2) is 27.6 Å². The molecule has 3 aromatic carbocycles. The number of ether oxygens (including phenoxy) is 4. The first-order valence-corrected chi connectivity index (χ1v) is 17.9. The normalized spacial score (nSPS) is 17.6. The number of hydrogen-bond donors (Lipinski definition) is 1. The van der Waals surface area contributed by atoms with Crippen molar-refractivity contribution in [3.8, 4) is 6.07 Å². The van der Waals surface area contributed by atoms with Gasteiger partial charge in [0.2, 0.25) is 0 Å². The second-order valence-electron chi connectivity index (χ2n) is 12.2. The third-order valence-corrected chi connectivity index (χ3v) is 9.91. The van der Waals surface area contributed by atoms with Crippen LogP contribution in [0.1, 0.15) is 46.0 Å². The molecule has 15 heteroatoms. The minimum atomic E-state index is -1.79. The van der Waals surface area contributed by atoms with Crippen LogP contribution in [0.2, 0.25) is 0 Å². The molecule has 1 fully saturated rings. The number of hydrogen-bond acceptors (Lipinski definition) is 11. The molecule has 0 amide bonds. The van der Waals surface area contributed by atoms with Gasteiger partial charge in [-0.2, -0.15) is 10.4 Å². The van der Waals surface area contributed by atoms with E-state index in [1.807, 2.05) is 6.07 Å². The van der Waals surface area contributed by atoms with Crippen molar-refractivity contribution in [1.82, 2.24) is 20.1 Å². The van der Waals surface area contributed by atoms with Gasteiger partial charge in [-0.3, -0.25) is 4.79 Å². The molecule has 1 saturated heterocycles. The summed E-state index contributed by atoms with van der Waals surface area (Å²) in [7, 11) is 1.71. The fourth-order valence-electron chi connectivity index (χ4n) is 5.65. The van der Waals surface area contributed by atoms with E-state index in [0.717, 1.165) is 18.2 Å². The van der Waals surface area contributed by atoms with Crippen molar-refractivity contribution in [3.63, 3.8) is 0 Å². The summed E-state index contributed by atoms with van der Waals surface area (Å²) in [6.45, 7) is 2.20. The number of halogens is 3. The third-order valence-electron chi connectivity index (χ3n) is 8.46. The molecule has 1 aliphatic rings. The van der Waals surface area contributed by atoms with Crippen LogP contribution in [0.3, 0.4) is 0 Å². The van der Waals surface area contributed by atoms with Crippen LogP contribution >= 0.6 is 11.8 Å². The summed E-state index contributed by atoms with van der Waals surface area (Å²) in [4.78, 5) is 30.4. The van der Waals surface area contributed by atoms with Crippen LogP contribution in [0.15, 0.2) is 91.5 Å². The number of carbonyl (C=O) groups is 2. The van der Waals surface area contributed by atoms with Crippen molar-refractivity contribution < 1.29 is 41.7 Å². The van der Waals surface area contributed by atoms with E-state index in [1.165, 1.54) is 53.4 Å². The number of nitriles is 1. The number of nitrogens with zero attached hydrogens (tertiary/aromatic N) is 4. The summed E-state index contributed by atoms with van der Waals surface area (Å²) >= 11 is 1.33. The summed E-state index contributed by atoms with van der Waals surface area (Å²) in [5, 5.41) is 15.0. The molecule has 0 unspecified atom stereocenters. The van der Waals surface area contributed by atoms with Crippen molar-refractivity contribution in [1.29, 1.82) is 5.26 Å². The highest BCUT2D eigenvalue weighted by molar-refractivity contribution is 8.00. The molecular formula is C39H38F3N5O6S. The zero-order chi connectivity index (χ0) is 38.5. The topological polar surface area (TPSA) is 138 Å². The molecule has 0 radical (unpaired) electrons. The van der Waals surface area contributed by atoms with Gasteiger partial charge < -0.3 is 24.3 Å². The highest BCUT2D eigenvalue weighted by Gasteiger charge is 2.47. The average Bonchev–Trinajstić information content (AvgIpc) is 3.68. The van der Waals surface area contributed by atoms with Crippen molar-refractivity contribution in [2.24, 2.45) is 0 Å². The number of thioether (sulfide) groups is 1. The van der Waals surface area contributed by atoms with E-state index in [4.69, 9.17) is 24.2 Å². The Bertz CT molecular complexity index is 2000. The lowest BCUT2D eigenvalue weighted by atomic mass is 9.89. The van der Waals surface area contributed by atoms with Gasteiger partial charge in [-0.05, 0) is 50.4 Å². The highest BCUT2D eigenvalue weighted by Crippen LogP contribution is 2.42. The number of nitrogens with one attached hydrogen (secondary N) is 1. The first-order chi connectivity index (χ1) is 26.1. The number of benzene rings is 3. The Labute approximate surface area is 314 Å². The Balaban J connectivity index is 1.36. The number of esters is 2. The van der Waals surface area contributed by atoms with Crippen molar-refractivity contribution >= 4 is 29.8 Å². The van der Waals surface area contributed by atoms with Crippen LogP contribution in [0.5, 0.6) is 0 Å². The van der Waals surface area contributed by atoms with E-state index >= 15 is 4.39 Å². The molecule has 4 aromatic rings. The standard InChI is InChI=1S/C39H38F3N5O6S/c1-26(54-31-21-51-37(52-22-31)10-6-4-7-28-12-11-27(19-43)17-34(28)41)39(23-47-25-45-24-46-47,33-14-13-30(40)18-35(33)42)53-38(49)32-9-5-3-8-29(32)20-50-36(48)15-16-44-2/h3-14,17-18,24-26,31,37,44H,15-16,20-23H2,1-2H3/b7-4+,10-6+/t26-,31?,37?,39-/m1/s1. The maximum absolute atomic E-state index is 15.9. The quantitative estimate of drug-likeness (QED) is 0.105. The number of rotatable bonds is 16. The van der Waals surface area contributed by atoms with Gasteiger partial charge in [0, 0.05) is 34.6 Å². The summed E-state index contributed by atoms with van der Waals surface area (Å²) < 4.78 is 69.4. The lowest BCUT2D eigenvalue weighted by Gasteiger charge is -2.40. The Hall–Kier alpha value is -5.27. The second-order valence-corrected chi connectivity index (χ2v) is 13.8. The van der Waals surface area contributed by atoms with E-state index in [2.05, 4.69) is 15.4 Å². The lowest BCUT2D eigenvalue weighted by molar-refractivity contribution is -0.146. The fourth-order valence-corrected chi connectivity index (χ4v) is 7.01. The van der Waals surface area contributed by atoms with Crippen molar-refractivity contribution in [2.75, 3.05) is 26.8 Å². The minimum absolute atomic E-state index is 0.0901. The van der Waals surface area contributed by atoms with E-state index in [-0.39, 0.29) is 54.7 Å². The molecule has 54 heavy (non-hydrogen) atoms. The van der Waals surface area contributed by atoms with E-state index < -0.39 is 46.5 Å². The maximum atomic E-state index is 15.9. The minimum Gasteiger partial charge on any atom is -0.461 e. The van der Waals surface area contributed by atoms with Crippen LogP contribution in [0.25, 0.3) is 6.08 Å². The lowest BCUT2D eigenvalue weighted by Crippen LogP contribution is -2.47. The third kappa shape index (κ3) is 10.4. The summed E-state index contributed by atoms with van der Waals surface area (Å²) in [6, 6.07) is 15.6. The maximum Gasteiger partial charge on any atom is 0.339 e. The average molecular weight is 762 g/mol. The van der Waals surface area contributed by atoms with Gasteiger partial charge in [0.15, 0.2) is 11.9 Å². The summed E-state index contributed by atoms with van der Waals surface area (Å²) in [5.74, 6) is -3.56. The number of aromatic nitrogens is 3. The molecule has 0 spiro atoms. The Morgan fingerprint density at radius 3 is 2.61 bits per heavy atom. The van der Waals surface area contributed by atoms with E-state index in [0.29, 0.717) is 17.7 Å². The Kier molecular flexibility index (Phi) is 14.2. The molecule has 0 saturated carbocycles. The zero-order valence-corrected chi connectivity index (χ0v) is 30.3. The van der Waals surface area contributed by atoms with Crippen LogP contribution < -0.4 is 5.32 Å². The Morgan fingerprint density at radius 2 is 1.91 bits per heavy atom. The molecule has 1 aliphatic heterocycles. The monoisotopic (exact) mass is 761 g/mol. The van der Waals surface area contributed by atoms with Gasteiger partial charge in [0.1, 0.15) is 36.7 Å². The summed E-state index contributed by atoms with van der Waals surface area (Å²) in [5.41, 5.74) is -0.867. The molecule has 11 nitrogen and oxygen atoms in total. The summed E-state index contributed by atoms with van der Waals surface area (Å²) in [6.07, 6.45) is 8.59. The Morgan fingerprint density at radius 1 is 1.11 bits per heavy atom. The van der Waals surface area contributed by atoms with Crippen LogP contribution in [-0.4, -0.2) is 70.3 Å². The molecule has 2 heterocycles. The molecule has 2 atom stereocenters. The number of carbonyl (C=O) groups excluding carboxylic acids is 2. The largest absolute Gasteiger partial charge is 0.461 e. The van der Waals surface area contributed by atoms with Crippen molar-refractivity contribution in [3.05, 3.63) is 137 Å². The molecule has 1 aromatic heterocycles. The molecular weight excluding hydrogens is 724 g/mol. The van der Waals surface area contributed by atoms with Crippen LogP contribution in [-0.2, 0) is 42.5 Å². The molecule has 0 aliphatic carbocycles. The molecule has 0 bridgehead atoms. The van der Waals surface area contributed by atoms with E-state index in [9.17, 15) is 18.4 Å². The van der Waals surface area contributed by atoms with Crippen LogP contribution in [0, 0.1) is 28.8 Å². The molecule has 5 rings (SSSR count). The predicted octanol–water partition coefficient (Wildman–Crippen LogP) is 6.11. The van der Waals surface area contributed by atoms with Gasteiger partial charge >= 0.3 is 11.9 Å². The van der Waals surface area contributed by atoms with Gasteiger partial charge in [0.25, 0.3) is 0 Å². The fraction of sp³-hybridized carbons (Fsp3) is 0.308.